The first-order valence-electron chi connectivity index (χ1n) is 8.75. The van der Waals surface area contributed by atoms with E-state index >= 15 is 0 Å². The predicted octanol–water partition coefficient (Wildman–Crippen LogP) is 3.45. The largest absolute Gasteiger partial charge is 0.497 e. The Hall–Kier alpha value is -3.15. The second-order valence-corrected chi connectivity index (χ2v) is 6.32. The number of anilines is 2. The molecular weight excluding hydrogens is 328 g/mol. The summed E-state index contributed by atoms with van der Waals surface area (Å²) in [5.74, 6) is 0.804. The van der Waals surface area contributed by atoms with Crippen LogP contribution in [0.2, 0.25) is 0 Å². The van der Waals surface area contributed by atoms with Crippen molar-refractivity contribution in [2.24, 2.45) is 0 Å². The van der Waals surface area contributed by atoms with Crippen LogP contribution in [0.25, 0.3) is 22.2 Å². The number of amides is 2. The highest BCUT2D eigenvalue weighted by Gasteiger charge is 2.22. The minimum Gasteiger partial charge on any atom is -0.497 e. The van der Waals surface area contributed by atoms with E-state index < -0.39 is 0 Å². The molecule has 3 N–H and O–H groups in total. The molecule has 0 saturated carbocycles. The zero-order chi connectivity index (χ0) is 18.3. The second-order valence-electron chi connectivity index (χ2n) is 6.32. The van der Waals surface area contributed by atoms with Crippen molar-refractivity contribution in [1.82, 2.24) is 9.88 Å². The van der Waals surface area contributed by atoms with Gasteiger partial charge < -0.3 is 20.4 Å². The molecule has 6 nitrogen and oxygen atoms in total. The van der Waals surface area contributed by atoms with Crippen molar-refractivity contribution in [1.29, 1.82) is 0 Å². The fourth-order valence-electron chi connectivity index (χ4n) is 3.66. The molecular formula is C20H22N4O2. The lowest BCUT2D eigenvalue weighted by atomic mass is 10.1. The molecule has 1 fully saturated rings. The van der Waals surface area contributed by atoms with Crippen LogP contribution in [-0.2, 0) is 6.54 Å². The van der Waals surface area contributed by atoms with Gasteiger partial charge in [0.15, 0.2) is 0 Å². The number of carbonyl (C=O) groups is 1. The van der Waals surface area contributed by atoms with Gasteiger partial charge in [0.1, 0.15) is 5.75 Å². The third kappa shape index (κ3) is 2.45. The zero-order valence-corrected chi connectivity index (χ0v) is 15.0. The molecule has 134 valence electrons. The molecule has 0 atom stereocenters. The Morgan fingerprint density at radius 3 is 2.77 bits per heavy atom. The maximum atomic E-state index is 12.0. The van der Waals surface area contributed by atoms with Crippen molar-refractivity contribution in [3.05, 3.63) is 42.5 Å². The van der Waals surface area contributed by atoms with Gasteiger partial charge in [-0.1, -0.05) is 12.1 Å². The standard InChI is InChI=1S/C20H22N4O2/c1-3-23-17-12-15(26-2)7-8-16(17)18(21)19(23)13-5-4-6-14(11-13)24-10-9-22-20(24)25/h4-8,11-12H,3,9-10,21H2,1-2H3,(H,22,25). The first-order chi connectivity index (χ1) is 12.6. The van der Waals surface area contributed by atoms with Gasteiger partial charge in [0.05, 0.1) is 24.0 Å². The number of aryl methyl sites for hydroxylation is 1. The number of methoxy groups -OCH3 is 1. The molecule has 0 unspecified atom stereocenters. The summed E-state index contributed by atoms with van der Waals surface area (Å²) < 4.78 is 7.56. The van der Waals surface area contributed by atoms with Gasteiger partial charge in [-0.25, -0.2) is 4.79 Å². The smallest absolute Gasteiger partial charge is 0.321 e. The summed E-state index contributed by atoms with van der Waals surface area (Å²) in [5.41, 5.74) is 11.1. The van der Waals surface area contributed by atoms with Crippen LogP contribution in [0, 0.1) is 0 Å². The summed E-state index contributed by atoms with van der Waals surface area (Å²) in [5, 5.41) is 3.85. The Bertz CT molecular complexity index is 993. The summed E-state index contributed by atoms with van der Waals surface area (Å²) in [7, 11) is 1.66. The summed E-state index contributed by atoms with van der Waals surface area (Å²) in [6.45, 7) is 4.22. The molecule has 4 rings (SSSR count). The van der Waals surface area contributed by atoms with E-state index in [0.29, 0.717) is 13.1 Å². The number of nitrogens with two attached hydrogens (primary N) is 1. The van der Waals surface area contributed by atoms with Crippen molar-refractivity contribution in [2.45, 2.75) is 13.5 Å². The Labute approximate surface area is 152 Å². The number of benzene rings is 2. The van der Waals surface area contributed by atoms with E-state index in [1.54, 1.807) is 12.0 Å². The lowest BCUT2D eigenvalue weighted by Crippen LogP contribution is -2.27. The van der Waals surface area contributed by atoms with Crippen LogP contribution in [0.15, 0.2) is 42.5 Å². The Morgan fingerprint density at radius 2 is 2.08 bits per heavy atom. The van der Waals surface area contributed by atoms with Crippen LogP contribution in [0.4, 0.5) is 16.2 Å². The Morgan fingerprint density at radius 1 is 1.23 bits per heavy atom. The monoisotopic (exact) mass is 350 g/mol. The van der Waals surface area contributed by atoms with Crippen molar-refractivity contribution in [2.75, 3.05) is 30.8 Å². The highest BCUT2D eigenvalue weighted by molar-refractivity contribution is 6.02. The molecule has 3 aromatic rings. The molecule has 2 amide bonds. The number of rotatable bonds is 4. The van der Waals surface area contributed by atoms with E-state index in [0.717, 1.165) is 45.8 Å². The van der Waals surface area contributed by atoms with Gasteiger partial charge in [0.2, 0.25) is 0 Å². The maximum absolute atomic E-state index is 12.0. The third-order valence-electron chi connectivity index (χ3n) is 4.92. The van der Waals surface area contributed by atoms with Gasteiger partial charge in [-0.2, -0.15) is 0 Å². The van der Waals surface area contributed by atoms with Gasteiger partial charge in [0.25, 0.3) is 0 Å². The minimum absolute atomic E-state index is 0.0594. The average Bonchev–Trinajstić information content (AvgIpc) is 3.22. The first kappa shape index (κ1) is 16.3. The molecule has 1 saturated heterocycles. The minimum atomic E-state index is -0.0594. The number of nitrogen functional groups attached to an aromatic ring is 1. The number of ether oxygens (including phenoxy) is 1. The van der Waals surface area contributed by atoms with Gasteiger partial charge in [-0.15, -0.1) is 0 Å². The number of urea groups is 1. The molecule has 26 heavy (non-hydrogen) atoms. The van der Waals surface area contributed by atoms with E-state index in [1.807, 2.05) is 42.5 Å². The van der Waals surface area contributed by atoms with Crippen molar-refractivity contribution in [3.63, 3.8) is 0 Å². The molecule has 1 aliphatic rings. The van der Waals surface area contributed by atoms with Gasteiger partial charge in [-0.05, 0) is 31.2 Å². The Balaban J connectivity index is 1.89. The number of nitrogens with one attached hydrogen (secondary N) is 1. The molecule has 1 aliphatic heterocycles. The molecule has 2 aromatic carbocycles. The van der Waals surface area contributed by atoms with Crippen molar-refractivity contribution >= 4 is 28.3 Å². The van der Waals surface area contributed by atoms with Crippen molar-refractivity contribution in [3.8, 4) is 17.0 Å². The number of aromatic nitrogens is 1. The number of hydrogen-bond acceptors (Lipinski definition) is 3. The zero-order valence-electron chi connectivity index (χ0n) is 15.0. The predicted molar refractivity (Wildman–Crippen MR) is 105 cm³/mol. The number of nitrogens with zero attached hydrogens (tertiary/aromatic N) is 2. The Kier molecular flexibility index (Phi) is 3.95. The molecule has 2 heterocycles. The van der Waals surface area contributed by atoms with Crippen LogP contribution in [0.3, 0.4) is 0 Å². The fraction of sp³-hybridized carbons (Fsp3) is 0.250. The molecule has 6 heteroatoms. The first-order valence-corrected chi connectivity index (χ1v) is 8.75. The van der Waals surface area contributed by atoms with E-state index in [2.05, 4.69) is 16.8 Å². The van der Waals surface area contributed by atoms with Crippen LogP contribution in [0.1, 0.15) is 6.92 Å². The molecule has 0 radical (unpaired) electrons. The number of hydrogen-bond donors (Lipinski definition) is 2. The van der Waals surface area contributed by atoms with E-state index in [-0.39, 0.29) is 6.03 Å². The van der Waals surface area contributed by atoms with Crippen LogP contribution in [0.5, 0.6) is 5.75 Å². The van der Waals surface area contributed by atoms with E-state index in [1.165, 1.54) is 0 Å². The normalized spacial score (nSPS) is 14.1. The van der Waals surface area contributed by atoms with E-state index in [9.17, 15) is 4.79 Å². The highest BCUT2D eigenvalue weighted by atomic mass is 16.5. The van der Waals surface area contributed by atoms with Gasteiger partial charge in [-0.3, -0.25) is 4.90 Å². The summed E-state index contributed by atoms with van der Waals surface area (Å²) in [6.07, 6.45) is 0. The number of carbonyl (C=O) groups excluding carboxylic acids is 1. The van der Waals surface area contributed by atoms with Crippen LogP contribution >= 0.6 is 0 Å². The lowest BCUT2D eigenvalue weighted by molar-refractivity contribution is 0.252. The lowest BCUT2D eigenvalue weighted by Gasteiger charge is -2.16. The van der Waals surface area contributed by atoms with Gasteiger partial charge >= 0.3 is 6.03 Å². The molecule has 0 aliphatic carbocycles. The number of fused-ring (bicyclic) bond motifs is 1. The topological polar surface area (TPSA) is 72.5 Å². The van der Waals surface area contributed by atoms with Crippen LogP contribution < -0.4 is 20.7 Å². The highest BCUT2D eigenvalue weighted by Crippen LogP contribution is 2.38. The summed E-state index contributed by atoms with van der Waals surface area (Å²) in [6, 6.07) is 13.8. The van der Waals surface area contributed by atoms with Crippen LogP contribution in [-0.4, -0.2) is 30.8 Å². The van der Waals surface area contributed by atoms with Crippen molar-refractivity contribution < 1.29 is 9.53 Å². The average molecular weight is 350 g/mol. The summed E-state index contributed by atoms with van der Waals surface area (Å²) >= 11 is 0. The quantitative estimate of drug-likeness (QED) is 0.757. The SMILES string of the molecule is CCn1c(-c2cccc(N3CCNC3=O)c2)c(N)c2ccc(OC)cc21. The van der Waals surface area contributed by atoms with Gasteiger partial charge in [0, 0.05) is 42.3 Å². The molecule has 0 spiro atoms. The van der Waals surface area contributed by atoms with E-state index in [4.69, 9.17) is 10.5 Å². The second kappa shape index (κ2) is 6.29. The molecule has 1 aromatic heterocycles. The summed E-state index contributed by atoms with van der Waals surface area (Å²) in [4.78, 5) is 13.7. The third-order valence-corrected chi connectivity index (χ3v) is 4.92. The maximum Gasteiger partial charge on any atom is 0.321 e. The fourth-order valence-corrected chi connectivity index (χ4v) is 3.66. The molecule has 0 bridgehead atoms.